The van der Waals surface area contributed by atoms with E-state index in [1.165, 1.54) is 6.07 Å². The number of hydrogen-bond acceptors (Lipinski definition) is 6. The van der Waals surface area contributed by atoms with Gasteiger partial charge in [-0.2, -0.15) is 4.98 Å². The number of oxazole rings is 1. The van der Waals surface area contributed by atoms with Gasteiger partial charge in [0.05, 0.1) is 17.1 Å². The molecule has 1 aliphatic rings. The third-order valence-electron chi connectivity index (χ3n) is 3.22. The van der Waals surface area contributed by atoms with Crippen LogP contribution in [0.25, 0.3) is 11.1 Å². The summed E-state index contributed by atoms with van der Waals surface area (Å²) >= 11 is 0. The quantitative estimate of drug-likeness (QED) is 0.675. The molecule has 1 saturated heterocycles. The van der Waals surface area contributed by atoms with Crippen molar-refractivity contribution in [2.45, 2.75) is 18.9 Å². The van der Waals surface area contributed by atoms with Gasteiger partial charge in [0.15, 0.2) is 11.1 Å². The van der Waals surface area contributed by atoms with Crippen molar-refractivity contribution in [2.24, 2.45) is 0 Å². The maximum absolute atomic E-state index is 10.9. The fourth-order valence-electron chi connectivity index (χ4n) is 2.16. The van der Waals surface area contributed by atoms with Crippen LogP contribution in [0, 0.1) is 10.1 Å². The second-order valence-corrected chi connectivity index (χ2v) is 4.89. The molecular weight excluding hydrogens is 250 g/mol. The number of nitrogens with zero attached hydrogens (tertiary/aromatic N) is 2. The van der Waals surface area contributed by atoms with Crippen LogP contribution in [-0.2, 0) is 4.74 Å². The molecule has 1 aliphatic heterocycles. The lowest BCUT2D eigenvalue weighted by Crippen LogP contribution is -2.35. The molecule has 1 aromatic heterocycles. The smallest absolute Gasteiger partial charge is 0.298 e. The van der Waals surface area contributed by atoms with Gasteiger partial charge in [0, 0.05) is 12.7 Å². The average Bonchev–Trinajstić information content (AvgIpc) is 2.94. The first kappa shape index (κ1) is 11.9. The molecule has 1 N–H and O–H groups in total. The molecule has 7 heteroatoms. The number of fused-ring (bicyclic) bond motifs is 1. The minimum atomic E-state index is -0.463. The zero-order valence-corrected chi connectivity index (χ0v) is 10.4. The first-order chi connectivity index (χ1) is 9.07. The van der Waals surface area contributed by atoms with E-state index < -0.39 is 4.92 Å². The van der Waals surface area contributed by atoms with Crippen LogP contribution in [0.3, 0.4) is 0 Å². The zero-order chi connectivity index (χ0) is 13.5. The van der Waals surface area contributed by atoms with Gasteiger partial charge in [-0.25, -0.2) is 0 Å². The number of nitro groups is 1. The first-order valence-electron chi connectivity index (χ1n) is 5.97. The molecule has 0 radical (unpaired) electrons. The fraction of sp³-hybridized carbons (Fsp3) is 0.417. The lowest BCUT2D eigenvalue weighted by molar-refractivity contribution is -0.383. The standard InChI is InChI=1S/C12H13N3O4/c1-12(5-6-18-7-12)14-11-13-10-8(15(16)17)3-2-4-9(10)19-11/h2-4H,5-7H2,1H3,(H,13,14). The number of non-ortho nitro benzene ring substituents is 1. The number of anilines is 1. The Balaban J connectivity index is 1.97. The topological polar surface area (TPSA) is 90.4 Å². The lowest BCUT2D eigenvalue weighted by Gasteiger charge is -2.21. The first-order valence-corrected chi connectivity index (χ1v) is 5.97. The number of hydrogen-bond donors (Lipinski definition) is 1. The van der Waals surface area contributed by atoms with Crippen LogP contribution in [-0.4, -0.2) is 28.7 Å². The van der Waals surface area contributed by atoms with Gasteiger partial charge >= 0.3 is 0 Å². The van der Waals surface area contributed by atoms with E-state index in [0.717, 1.165) is 6.42 Å². The van der Waals surface area contributed by atoms with Crippen LogP contribution in [0.1, 0.15) is 13.3 Å². The molecule has 0 saturated carbocycles. The van der Waals surface area contributed by atoms with Crippen molar-refractivity contribution in [3.8, 4) is 0 Å². The summed E-state index contributed by atoms with van der Waals surface area (Å²) in [5, 5.41) is 14.1. The van der Waals surface area contributed by atoms with Gasteiger partial charge in [-0.15, -0.1) is 0 Å². The van der Waals surface area contributed by atoms with Crippen molar-refractivity contribution in [2.75, 3.05) is 18.5 Å². The largest absolute Gasteiger partial charge is 0.423 e. The highest BCUT2D eigenvalue weighted by atomic mass is 16.6. The van der Waals surface area contributed by atoms with Gasteiger partial charge in [0.1, 0.15) is 0 Å². The third kappa shape index (κ3) is 2.12. The number of nitro benzene ring substituents is 1. The maximum Gasteiger partial charge on any atom is 0.298 e. The Morgan fingerprint density at radius 1 is 1.53 bits per heavy atom. The number of para-hydroxylation sites is 1. The van der Waals surface area contributed by atoms with E-state index in [9.17, 15) is 10.1 Å². The molecule has 0 bridgehead atoms. The van der Waals surface area contributed by atoms with Gasteiger partial charge in [0.2, 0.25) is 0 Å². The van der Waals surface area contributed by atoms with Crippen molar-refractivity contribution < 1.29 is 14.1 Å². The van der Waals surface area contributed by atoms with E-state index >= 15 is 0 Å². The van der Waals surface area contributed by atoms with E-state index in [4.69, 9.17) is 9.15 Å². The highest BCUT2D eigenvalue weighted by Crippen LogP contribution is 2.30. The summed E-state index contributed by atoms with van der Waals surface area (Å²) in [6.07, 6.45) is 0.841. The molecule has 0 amide bonds. The monoisotopic (exact) mass is 263 g/mol. The van der Waals surface area contributed by atoms with E-state index in [0.29, 0.717) is 18.8 Å². The van der Waals surface area contributed by atoms with Crippen LogP contribution >= 0.6 is 0 Å². The van der Waals surface area contributed by atoms with Gasteiger partial charge in [0.25, 0.3) is 11.7 Å². The van der Waals surface area contributed by atoms with E-state index in [1.54, 1.807) is 12.1 Å². The van der Waals surface area contributed by atoms with Crippen LogP contribution in [0.4, 0.5) is 11.7 Å². The Labute approximate surface area is 108 Å². The number of rotatable bonds is 3. The molecule has 2 heterocycles. The van der Waals surface area contributed by atoms with Gasteiger partial charge in [-0.3, -0.25) is 10.1 Å². The Hall–Kier alpha value is -2.15. The summed E-state index contributed by atoms with van der Waals surface area (Å²) < 4.78 is 10.8. The molecule has 0 aliphatic carbocycles. The predicted molar refractivity (Wildman–Crippen MR) is 68.1 cm³/mol. The second kappa shape index (κ2) is 4.20. The van der Waals surface area contributed by atoms with Crippen molar-refractivity contribution >= 4 is 22.8 Å². The minimum Gasteiger partial charge on any atom is -0.423 e. The van der Waals surface area contributed by atoms with E-state index in [2.05, 4.69) is 10.3 Å². The summed E-state index contributed by atoms with van der Waals surface area (Å²) in [6.45, 7) is 3.25. The van der Waals surface area contributed by atoms with Crippen molar-refractivity contribution in [3.05, 3.63) is 28.3 Å². The summed E-state index contributed by atoms with van der Waals surface area (Å²) in [6, 6.07) is 4.94. The van der Waals surface area contributed by atoms with Gasteiger partial charge in [-0.05, 0) is 19.4 Å². The Bertz CT molecular complexity index is 631. The normalized spacial score (nSPS) is 22.8. The maximum atomic E-state index is 10.9. The van der Waals surface area contributed by atoms with Crippen molar-refractivity contribution in [1.29, 1.82) is 0 Å². The van der Waals surface area contributed by atoms with Crippen LogP contribution < -0.4 is 5.32 Å². The van der Waals surface area contributed by atoms with Crippen molar-refractivity contribution in [1.82, 2.24) is 4.98 Å². The fourth-order valence-corrected chi connectivity index (χ4v) is 2.16. The molecular formula is C12H13N3O4. The predicted octanol–water partition coefficient (Wildman–Crippen LogP) is 2.33. The van der Waals surface area contributed by atoms with E-state index in [-0.39, 0.29) is 22.8 Å². The number of benzene rings is 1. The lowest BCUT2D eigenvalue weighted by atomic mass is 10.0. The number of ether oxygens (including phenoxy) is 1. The number of aromatic nitrogens is 1. The molecule has 1 fully saturated rings. The molecule has 2 aromatic rings. The van der Waals surface area contributed by atoms with Crippen LogP contribution in [0.5, 0.6) is 0 Å². The summed E-state index contributed by atoms with van der Waals surface area (Å²) in [5.74, 6) is 0. The van der Waals surface area contributed by atoms with Gasteiger partial charge in [-0.1, -0.05) is 6.07 Å². The highest BCUT2D eigenvalue weighted by Gasteiger charge is 2.31. The van der Waals surface area contributed by atoms with Gasteiger partial charge < -0.3 is 14.5 Å². The Morgan fingerprint density at radius 3 is 3.05 bits per heavy atom. The van der Waals surface area contributed by atoms with Crippen LogP contribution in [0.2, 0.25) is 0 Å². The van der Waals surface area contributed by atoms with Crippen molar-refractivity contribution in [3.63, 3.8) is 0 Å². The summed E-state index contributed by atoms with van der Waals surface area (Å²) in [5.41, 5.74) is 0.370. The summed E-state index contributed by atoms with van der Waals surface area (Å²) in [4.78, 5) is 14.6. The Morgan fingerprint density at radius 2 is 2.37 bits per heavy atom. The highest BCUT2D eigenvalue weighted by molar-refractivity contribution is 5.84. The molecule has 1 unspecified atom stereocenters. The molecule has 1 aromatic carbocycles. The van der Waals surface area contributed by atoms with Crippen LogP contribution in [0.15, 0.2) is 22.6 Å². The third-order valence-corrected chi connectivity index (χ3v) is 3.22. The average molecular weight is 263 g/mol. The molecule has 0 spiro atoms. The summed E-state index contributed by atoms with van der Waals surface area (Å²) in [7, 11) is 0. The minimum absolute atomic E-state index is 0.0536. The molecule has 1 atom stereocenters. The molecule has 19 heavy (non-hydrogen) atoms. The molecule has 7 nitrogen and oxygen atoms in total. The second-order valence-electron chi connectivity index (χ2n) is 4.89. The number of nitrogens with one attached hydrogen (secondary N) is 1. The van der Waals surface area contributed by atoms with E-state index in [1.807, 2.05) is 6.92 Å². The Kier molecular flexibility index (Phi) is 2.63. The zero-order valence-electron chi connectivity index (χ0n) is 10.4. The SMILES string of the molecule is CC1(Nc2nc3c([N+](=O)[O-])cccc3o2)CCOC1. The molecule has 3 rings (SSSR count). The molecule has 100 valence electrons.